The Balaban J connectivity index is 1.14. The maximum absolute atomic E-state index is 14.3. The molecule has 0 radical (unpaired) electrons. The normalized spacial score (nSPS) is 18.3. The van der Waals surface area contributed by atoms with Crippen LogP contribution in [-0.4, -0.2) is 51.2 Å². The smallest absolute Gasteiger partial charge is 0.438 e. The number of ether oxygens (including phenoxy) is 1. The number of halogens is 5. The van der Waals surface area contributed by atoms with E-state index in [1.54, 1.807) is 11.0 Å². The average Bonchev–Trinajstić information content (AvgIpc) is 3.57. The van der Waals surface area contributed by atoms with E-state index in [2.05, 4.69) is 15.1 Å². The highest BCUT2D eigenvalue weighted by atomic mass is 35.5. The Morgan fingerprint density at radius 3 is 2.71 bits per heavy atom. The van der Waals surface area contributed by atoms with Crippen LogP contribution in [0, 0.1) is 5.82 Å². The lowest BCUT2D eigenvalue weighted by Gasteiger charge is -2.31. The molecule has 1 saturated heterocycles. The molecule has 38 heavy (non-hydrogen) atoms. The number of piperidine rings is 1. The Morgan fingerprint density at radius 2 is 1.97 bits per heavy atom. The molecule has 0 bridgehead atoms. The molecule has 0 saturated carbocycles. The first-order chi connectivity index (χ1) is 18.2. The number of aromatic nitrogens is 3. The van der Waals surface area contributed by atoms with Crippen LogP contribution < -0.4 is 4.74 Å². The van der Waals surface area contributed by atoms with Crippen molar-refractivity contribution in [3.63, 3.8) is 0 Å². The van der Waals surface area contributed by atoms with Crippen molar-refractivity contribution in [2.24, 2.45) is 5.16 Å². The molecule has 5 rings (SSSR count). The van der Waals surface area contributed by atoms with Gasteiger partial charge in [-0.3, -0.25) is 4.79 Å². The second kappa shape index (κ2) is 10.8. The third-order valence-corrected chi connectivity index (χ3v) is 7.61. The Morgan fingerprint density at radius 1 is 1.21 bits per heavy atom. The maximum atomic E-state index is 14.3. The van der Waals surface area contributed by atoms with E-state index in [1.165, 1.54) is 23.5 Å². The number of hydrogen-bond donors (Lipinski definition) is 0. The van der Waals surface area contributed by atoms with E-state index in [1.807, 2.05) is 5.38 Å². The number of amides is 1. The number of likely N-dealkylation sites (tertiary alicyclic amines) is 1. The first-order valence-corrected chi connectivity index (χ1v) is 12.9. The summed E-state index contributed by atoms with van der Waals surface area (Å²) in [7, 11) is 0. The molecule has 3 aromatic rings. The quantitative estimate of drug-likeness (QED) is 0.370. The van der Waals surface area contributed by atoms with E-state index in [9.17, 15) is 22.4 Å². The number of carbonyl (C=O) groups is 1. The van der Waals surface area contributed by atoms with E-state index in [4.69, 9.17) is 26.2 Å². The molecule has 1 amide bonds. The summed E-state index contributed by atoms with van der Waals surface area (Å²) in [5.41, 5.74) is 0.241. The molecule has 2 aromatic heterocycles. The predicted molar refractivity (Wildman–Crippen MR) is 130 cm³/mol. The van der Waals surface area contributed by atoms with Crippen molar-refractivity contribution in [2.75, 3.05) is 19.7 Å². The van der Waals surface area contributed by atoms with Crippen LogP contribution in [0.15, 0.2) is 41.1 Å². The molecule has 8 nitrogen and oxygen atoms in total. The van der Waals surface area contributed by atoms with Crippen LogP contribution in [0.4, 0.5) is 17.6 Å². The summed E-state index contributed by atoms with van der Waals surface area (Å²) in [5, 5.41) is 7.12. The van der Waals surface area contributed by atoms with Crippen molar-refractivity contribution in [3.8, 4) is 5.88 Å². The van der Waals surface area contributed by atoms with Crippen LogP contribution in [-0.2, 0) is 15.8 Å². The second-order valence-corrected chi connectivity index (χ2v) is 9.99. The van der Waals surface area contributed by atoms with Crippen molar-refractivity contribution in [1.29, 1.82) is 0 Å². The fourth-order valence-corrected chi connectivity index (χ4v) is 5.62. The van der Waals surface area contributed by atoms with Gasteiger partial charge in [-0.2, -0.15) is 13.2 Å². The topological polar surface area (TPSA) is 89.8 Å². The largest absolute Gasteiger partial charge is 0.466 e. The Labute approximate surface area is 223 Å². The van der Waals surface area contributed by atoms with Crippen molar-refractivity contribution in [3.05, 3.63) is 68.8 Å². The van der Waals surface area contributed by atoms with Crippen molar-refractivity contribution in [2.45, 2.75) is 37.5 Å². The van der Waals surface area contributed by atoms with Crippen molar-refractivity contribution < 1.29 is 31.9 Å². The van der Waals surface area contributed by atoms with Gasteiger partial charge >= 0.3 is 6.18 Å². The van der Waals surface area contributed by atoms with Crippen LogP contribution in [0.5, 0.6) is 5.88 Å². The van der Waals surface area contributed by atoms with Crippen LogP contribution in [0.2, 0.25) is 5.02 Å². The van der Waals surface area contributed by atoms with E-state index in [0.29, 0.717) is 43.8 Å². The molecule has 2 aliphatic heterocycles. The Hall–Kier alpha value is -3.32. The van der Waals surface area contributed by atoms with Crippen molar-refractivity contribution in [1.82, 2.24) is 19.9 Å². The fourth-order valence-electron chi connectivity index (χ4n) is 4.33. The van der Waals surface area contributed by atoms with E-state index in [-0.39, 0.29) is 16.5 Å². The van der Waals surface area contributed by atoms with Gasteiger partial charge in [-0.05, 0) is 25.0 Å². The minimum Gasteiger partial charge on any atom is -0.466 e. The lowest BCUT2D eigenvalue weighted by molar-refractivity contribution is -0.144. The lowest BCUT2D eigenvalue weighted by Crippen LogP contribution is -2.40. The summed E-state index contributed by atoms with van der Waals surface area (Å²) in [5.74, 6) is -1.51. The van der Waals surface area contributed by atoms with Gasteiger partial charge in [-0.15, -0.1) is 11.3 Å². The summed E-state index contributed by atoms with van der Waals surface area (Å²) in [4.78, 5) is 31.0. The summed E-state index contributed by atoms with van der Waals surface area (Å²) in [6, 6.07) is 4.45. The number of carbonyl (C=O) groups excluding carboxylic acids is 1. The average molecular weight is 570 g/mol. The number of oxime groups is 1. The zero-order valence-electron chi connectivity index (χ0n) is 19.6. The molecule has 14 heteroatoms. The molecule has 0 N–H and O–H groups in total. The number of nitrogens with zero attached hydrogens (tertiary/aromatic N) is 5. The number of rotatable bonds is 6. The molecule has 0 spiro atoms. The highest BCUT2D eigenvalue weighted by Gasteiger charge is 2.38. The molecule has 200 valence electrons. The lowest BCUT2D eigenvalue weighted by atomic mass is 9.97. The molecule has 1 fully saturated rings. The van der Waals surface area contributed by atoms with Crippen LogP contribution in [0.25, 0.3) is 0 Å². The number of alkyl halides is 3. The fraction of sp³-hybridized carbons (Fsp3) is 0.375. The molecular weight excluding hydrogens is 550 g/mol. The first-order valence-electron chi connectivity index (χ1n) is 11.6. The molecule has 0 aliphatic carbocycles. The highest BCUT2D eigenvalue weighted by Crippen LogP contribution is 2.37. The number of benzene rings is 1. The van der Waals surface area contributed by atoms with E-state index in [0.717, 1.165) is 17.4 Å². The molecule has 4 heterocycles. The minimum atomic E-state index is -4.74. The Kier molecular flexibility index (Phi) is 7.48. The highest BCUT2D eigenvalue weighted by molar-refractivity contribution is 7.10. The molecule has 1 aromatic carbocycles. The Bertz CT molecular complexity index is 1340. The zero-order valence-corrected chi connectivity index (χ0v) is 21.2. The SMILES string of the molecule is O=C(COc1nccnc1C(F)(F)F)N1CCC(c2nc(C3=NOC(c4c(F)cccc4Cl)C3)cs2)CC1. The number of hydrogen-bond acceptors (Lipinski definition) is 8. The van der Waals surface area contributed by atoms with E-state index >= 15 is 0 Å². The zero-order chi connectivity index (χ0) is 26.9. The maximum Gasteiger partial charge on any atom is 0.438 e. The van der Waals surface area contributed by atoms with Gasteiger partial charge in [0.1, 0.15) is 11.5 Å². The monoisotopic (exact) mass is 569 g/mol. The van der Waals surface area contributed by atoms with Gasteiger partial charge in [0.15, 0.2) is 12.7 Å². The van der Waals surface area contributed by atoms with Gasteiger partial charge in [-0.25, -0.2) is 19.3 Å². The molecular formula is C24H20ClF4N5O3S. The van der Waals surface area contributed by atoms with Gasteiger partial charge in [0.05, 0.1) is 15.7 Å². The first kappa shape index (κ1) is 26.3. The molecule has 1 unspecified atom stereocenters. The molecule has 1 atom stereocenters. The molecule has 2 aliphatic rings. The standard InChI is InChI=1S/C24H20ClF4N5O3S/c25-14-2-1-3-15(26)20(14)18-10-16(33-37-18)17-12-38-23(32-17)13-4-8-34(9-5-13)19(35)11-36-22-21(24(27,28)29)30-6-7-31-22/h1-3,6-7,12-13,18H,4-5,8-11H2. The predicted octanol–water partition coefficient (Wildman–Crippen LogP) is 5.40. The van der Waals surface area contributed by atoms with Crippen molar-refractivity contribution >= 4 is 34.6 Å². The van der Waals surface area contributed by atoms with Gasteiger partial charge in [0.25, 0.3) is 5.91 Å². The second-order valence-electron chi connectivity index (χ2n) is 8.69. The third kappa shape index (κ3) is 5.58. The van der Waals surface area contributed by atoms with Gasteiger partial charge in [0.2, 0.25) is 11.6 Å². The van der Waals surface area contributed by atoms with E-state index < -0.39 is 42.2 Å². The van der Waals surface area contributed by atoms with Gasteiger partial charge in [-0.1, -0.05) is 22.8 Å². The summed E-state index contributed by atoms with van der Waals surface area (Å²) >= 11 is 7.62. The van der Waals surface area contributed by atoms with Crippen LogP contribution in [0.3, 0.4) is 0 Å². The van der Waals surface area contributed by atoms with Gasteiger partial charge < -0.3 is 14.5 Å². The third-order valence-electron chi connectivity index (χ3n) is 6.27. The summed E-state index contributed by atoms with van der Waals surface area (Å²) < 4.78 is 58.4. The summed E-state index contributed by atoms with van der Waals surface area (Å²) in [6.45, 7) is 0.249. The summed E-state index contributed by atoms with van der Waals surface area (Å²) in [6.07, 6.45) is -1.79. The van der Waals surface area contributed by atoms with Gasteiger partial charge in [0, 0.05) is 48.8 Å². The number of thiazole rings is 1. The minimum absolute atomic E-state index is 0.107. The van der Waals surface area contributed by atoms with Crippen LogP contribution >= 0.6 is 22.9 Å². The van der Waals surface area contributed by atoms with Crippen LogP contribution in [0.1, 0.15) is 53.2 Å².